The van der Waals surface area contributed by atoms with Gasteiger partial charge in [-0.25, -0.2) is 12.8 Å². The summed E-state index contributed by atoms with van der Waals surface area (Å²) >= 11 is 5.88. The van der Waals surface area contributed by atoms with Gasteiger partial charge >= 0.3 is 0 Å². The molecule has 0 saturated carbocycles. The molecule has 1 aliphatic rings. The lowest BCUT2D eigenvalue weighted by Gasteiger charge is -2.11. The van der Waals surface area contributed by atoms with Gasteiger partial charge in [-0.05, 0) is 54.4 Å². The van der Waals surface area contributed by atoms with Crippen molar-refractivity contribution in [2.45, 2.75) is 11.3 Å². The molecule has 0 saturated heterocycles. The van der Waals surface area contributed by atoms with Crippen LogP contribution in [-0.4, -0.2) is 24.0 Å². The molecule has 0 spiro atoms. The summed E-state index contributed by atoms with van der Waals surface area (Å²) in [5.74, 6) is -0.733. The van der Waals surface area contributed by atoms with Crippen LogP contribution in [0.1, 0.15) is 5.56 Å². The Morgan fingerprint density at radius 3 is 2.54 bits per heavy atom. The maximum Gasteiger partial charge on any atom is 0.271 e. The molecule has 132 valence electrons. The van der Waals surface area contributed by atoms with Crippen molar-refractivity contribution in [1.29, 1.82) is 0 Å². The van der Waals surface area contributed by atoms with E-state index in [0.717, 1.165) is 16.8 Å². The van der Waals surface area contributed by atoms with E-state index in [0.29, 0.717) is 16.3 Å². The van der Waals surface area contributed by atoms with Crippen LogP contribution in [0.4, 0.5) is 4.39 Å². The Labute approximate surface area is 153 Å². The Kier molecular flexibility index (Phi) is 3.93. The van der Waals surface area contributed by atoms with Gasteiger partial charge in [-0.2, -0.15) is 9.78 Å². The van der Waals surface area contributed by atoms with Crippen LogP contribution in [0.15, 0.2) is 58.2 Å². The van der Waals surface area contributed by atoms with Gasteiger partial charge in [0.15, 0.2) is 9.84 Å². The third-order valence-electron chi connectivity index (χ3n) is 4.25. The van der Waals surface area contributed by atoms with E-state index in [1.54, 1.807) is 24.3 Å². The lowest BCUT2D eigenvalue weighted by molar-refractivity contribution is 0.595. The average molecular weight is 391 g/mol. The molecule has 8 heteroatoms. The Balaban J connectivity index is 2.02. The molecular formula is C18H12ClFN2O3S. The van der Waals surface area contributed by atoms with Crippen molar-refractivity contribution in [2.24, 2.45) is 0 Å². The van der Waals surface area contributed by atoms with Crippen LogP contribution >= 0.6 is 11.6 Å². The van der Waals surface area contributed by atoms with Gasteiger partial charge in [0.05, 0.1) is 22.0 Å². The molecule has 0 bridgehead atoms. The third-order valence-corrected chi connectivity index (χ3v) is 6.27. The highest BCUT2D eigenvalue weighted by molar-refractivity contribution is 7.91. The first-order chi connectivity index (χ1) is 12.3. The first-order valence-corrected chi connectivity index (χ1v) is 9.80. The van der Waals surface area contributed by atoms with Crippen LogP contribution in [0.2, 0.25) is 5.02 Å². The smallest absolute Gasteiger partial charge is 0.267 e. The Hall–Kier alpha value is -2.51. The number of hydrogen-bond acceptors (Lipinski definition) is 4. The topological polar surface area (TPSA) is 69.0 Å². The molecule has 1 aromatic heterocycles. The minimum atomic E-state index is -3.59. The summed E-state index contributed by atoms with van der Waals surface area (Å²) in [6.45, 7) is 0. The standard InChI is InChI=1S/C18H12ClFN2O3S/c19-12-1-4-14(5-2-12)22-17(23)9-11-7-8-26(24,25)16-6-3-13(20)10-15(16)18(11)21-22/h1-6,9-10H,7-8H2. The fourth-order valence-corrected chi connectivity index (χ4v) is 4.59. The molecule has 5 nitrogen and oxygen atoms in total. The summed E-state index contributed by atoms with van der Waals surface area (Å²) in [6.07, 6.45) is 0.137. The predicted molar refractivity (Wildman–Crippen MR) is 96.0 cm³/mol. The second-order valence-corrected chi connectivity index (χ2v) is 8.47. The zero-order valence-corrected chi connectivity index (χ0v) is 14.9. The second kappa shape index (κ2) is 6.03. The van der Waals surface area contributed by atoms with Gasteiger partial charge in [0, 0.05) is 16.7 Å². The lowest BCUT2D eigenvalue weighted by atomic mass is 10.0. The van der Waals surface area contributed by atoms with Crippen molar-refractivity contribution in [3.05, 3.63) is 75.3 Å². The highest BCUT2D eigenvalue weighted by atomic mass is 35.5. The molecule has 0 N–H and O–H groups in total. The van der Waals surface area contributed by atoms with Crippen molar-refractivity contribution in [3.8, 4) is 16.9 Å². The van der Waals surface area contributed by atoms with E-state index in [4.69, 9.17) is 11.6 Å². The van der Waals surface area contributed by atoms with E-state index in [2.05, 4.69) is 5.10 Å². The Morgan fingerprint density at radius 1 is 1.08 bits per heavy atom. The van der Waals surface area contributed by atoms with E-state index >= 15 is 0 Å². The molecule has 2 aromatic carbocycles. The number of aryl methyl sites for hydroxylation is 1. The van der Waals surface area contributed by atoms with Gasteiger partial charge in [0.1, 0.15) is 5.82 Å². The Bertz CT molecular complexity index is 1190. The van der Waals surface area contributed by atoms with E-state index in [-0.39, 0.29) is 28.3 Å². The van der Waals surface area contributed by atoms with Crippen molar-refractivity contribution < 1.29 is 12.8 Å². The average Bonchev–Trinajstić information content (AvgIpc) is 2.70. The molecule has 1 aliphatic heterocycles. The van der Waals surface area contributed by atoms with Crippen molar-refractivity contribution in [2.75, 3.05) is 5.75 Å². The van der Waals surface area contributed by atoms with Crippen molar-refractivity contribution >= 4 is 21.4 Å². The minimum Gasteiger partial charge on any atom is -0.267 e. The normalized spacial score (nSPS) is 15.0. The van der Waals surface area contributed by atoms with Crippen LogP contribution in [0.5, 0.6) is 0 Å². The number of halogens is 2. The number of sulfone groups is 1. The maximum absolute atomic E-state index is 13.8. The molecule has 0 amide bonds. The van der Waals surface area contributed by atoms with E-state index in [1.807, 2.05) is 0 Å². The largest absolute Gasteiger partial charge is 0.271 e. The molecular weight excluding hydrogens is 379 g/mol. The second-order valence-electron chi connectivity index (χ2n) is 5.95. The van der Waals surface area contributed by atoms with Crippen LogP contribution < -0.4 is 5.56 Å². The molecule has 26 heavy (non-hydrogen) atoms. The van der Waals surface area contributed by atoms with Gasteiger partial charge in [-0.15, -0.1) is 0 Å². The van der Waals surface area contributed by atoms with Crippen LogP contribution in [-0.2, 0) is 16.3 Å². The number of aromatic nitrogens is 2. The zero-order valence-electron chi connectivity index (χ0n) is 13.3. The number of fused-ring (bicyclic) bond motifs is 3. The van der Waals surface area contributed by atoms with Gasteiger partial charge in [0.2, 0.25) is 0 Å². The zero-order chi connectivity index (χ0) is 18.5. The van der Waals surface area contributed by atoms with Gasteiger partial charge < -0.3 is 0 Å². The predicted octanol–water partition coefficient (Wildman–Crippen LogP) is 3.02. The lowest BCUT2D eigenvalue weighted by Crippen LogP contribution is -2.22. The molecule has 0 radical (unpaired) electrons. The molecule has 0 unspecified atom stereocenters. The van der Waals surface area contributed by atoms with Crippen LogP contribution in [0.25, 0.3) is 16.9 Å². The molecule has 0 atom stereocenters. The highest BCUT2D eigenvalue weighted by Crippen LogP contribution is 2.33. The fraction of sp³-hybridized carbons (Fsp3) is 0.111. The molecule has 0 aliphatic carbocycles. The first kappa shape index (κ1) is 16.9. The van der Waals surface area contributed by atoms with E-state index in [9.17, 15) is 17.6 Å². The number of benzene rings is 2. The SMILES string of the molecule is O=c1cc2c(nn1-c1ccc(Cl)cc1)-c1cc(F)ccc1S(=O)(=O)CC2. The van der Waals surface area contributed by atoms with Crippen LogP contribution in [0, 0.1) is 5.82 Å². The number of nitrogens with zero attached hydrogens (tertiary/aromatic N) is 2. The quantitative estimate of drug-likeness (QED) is 0.599. The fourth-order valence-electron chi connectivity index (χ4n) is 2.99. The summed E-state index contributed by atoms with van der Waals surface area (Å²) < 4.78 is 40.0. The summed E-state index contributed by atoms with van der Waals surface area (Å²) in [5, 5.41) is 4.86. The van der Waals surface area contributed by atoms with E-state index in [1.165, 1.54) is 12.1 Å². The molecule has 2 heterocycles. The van der Waals surface area contributed by atoms with Gasteiger partial charge in [-0.1, -0.05) is 11.6 Å². The summed E-state index contributed by atoms with van der Waals surface area (Å²) in [5.41, 5.74) is 1.01. The molecule has 4 rings (SSSR count). The number of hydrogen-bond donors (Lipinski definition) is 0. The third kappa shape index (κ3) is 2.83. The van der Waals surface area contributed by atoms with Crippen LogP contribution in [0.3, 0.4) is 0 Å². The summed E-state index contributed by atoms with van der Waals surface area (Å²) in [6, 6.07) is 11.3. The molecule has 3 aromatic rings. The van der Waals surface area contributed by atoms with Crippen molar-refractivity contribution in [1.82, 2.24) is 9.78 Å². The highest BCUT2D eigenvalue weighted by Gasteiger charge is 2.27. The monoisotopic (exact) mass is 390 g/mol. The Morgan fingerprint density at radius 2 is 1.81 bits per heavy atom. The van der Waals surface area contributed by atoms with Crippen molar-refractivity contribution in [3.63, 3.8) is 0 Å². The molecule has 0 fully saturated rings. The minimum absolute atomic E-state index is 0.0199. The van der Waals surface area contributed by atoms with E-state index < -0.39 is 21.2 Å². The van der Waals surface area contributed by atoms with Gasteiger partial charge in [-0.3, -0.25) is 4.79 Å². The first-order valence-electron chi connectivity index (χ1n) is 7.77. The number of rotatable bonds is 1. The summed E-state index contributed by atoms with van der Waals surface area (Å²) in [4.78, 5) is 12.5. The van der Waals surface area contributed by atoms with Gasteiger partial charge in [0.25, 0.3) is 5.56 Å². The summed E-state index contributed by atoms with van der Waals surface area (Å²) in [7, 11) is -3.59. The maximum atomic E-state index is 13.8.